The summed E-state index contributed by atoms with van der Waals surface area (Å²) >= 11 is 1.30. The van der Waals surface area contributed by atoms with Gasteiger partial charge in [-0.05, 0) is 35.2 Å². The molecule has 2 aromatic heterocycles. The van der Waals surface area contributed by atoms with E-state index in [1.165, 1.54) is 23.5 Å². The summed E-state index contributed by atoms with van der Waals surface area (Å²) in [6.07, 6.45) is -2.64. The molecular formula is C15H11F3N2S. The van der Waals surface area contributed by atoms with Crippen LogP contribution in [0, 0.1) is 0 Å². The number of thiophene rings is 1. The van der Waals surface area contributed by atoms with Gasteiger partial charge in [-0.1, -0.05) is 12.1 Å². The van der Waals surface area contributed by atoms with Crippen LogP contribution < -0.4 is 5.73 Å². The van der Waals surface area contributed by atoms with Gasteiger partial charge in [-0.15, -0.1) is 11.3 Å². The lowest BCUT2D eigenvalue weighted by atomic mass is 10.1. The van der Waals surface area contributed by atoms with Gasteiger partial charge in [0.2, 0.25) is 0 Å². The van der Waals surface area contributed by atoms with Crippen molar-refractivity contribution in [2.75, 3.05) is 0 Å². The average molecular weight is 308 g/mol. The molecule has 0 radical (unpaired) electrons. The Morgan fingerprint density at radius 3 is 2.52 bits per heavy atom. The van der Waals surface area contributed by atoms with Crippen molar-refractivity contribution < 1.29 is 13.2 Å². The minimum Gasteiger partial charge on any atom is -0.326 e. The summed E-state index contributed by atoms with van der Waals surface area (Å²) < 4.78 is 38.7. The van der Waals surface area contributed by atoms with Gasteiger partial charge in [0.05, 0.1) is 16.1 Å². The summed E-state index contributed by atoms with van der Waals surface area (Å²) in [6.45, 7) is 0.411. The number of hydrogen-bond donors (Lipinski definition) is 1. The highest BCUT2D eigenvalue weighted by atomic mass is 32.1. The van der Waals surface area contributed by atoms with E-state index < -0.39 is 11.7 Å². The molecule has 0 fully saturated rings. The average Bonchev–Trinajstić information content (AvgIpc) is 2.89. The lowest BCUT2D eigenvalue weighted by Crippen LogP contribution is -2.03. The molecule has 0 bridgehead atoms. The molecule has 0 aliphatic rings. The van der Waals surface area contributed by atoms with Gasteiger partial charge in [0.15, 0.2) is 0 Å². The van der Waals surface area contributed by atoms with Crippen LogP contribution in [0.5, 0.6) is 0 Å². The zero-order valence-electron chi connectivity index (χ0n) is 10.8. The number of hydrogen-bond acceptors (Lipinski definition) is 3. The third-order valence-electron chi connectivity index (χ3n) is 3.16. The highest BCUT2D eigenvalue weighted by Crippen LogP contribution is 2.37. The molecular weight excluding hydrogens is 297 g/mol. The van der Waals surface area contributed by atoms with Gasteiger partial charge in [-0.3, -0.25) is 4.98 Å². The first-order valence-corrected chi connectivity index (χ1v) is 7.05. The fraction of sp³-hybridized carbons (Fsp3) is 0.133. The molecule has 0 unspecified atom stereocenters. The maximum Gasteiger partial charge on any atom is 0.416 e. The number of halogens is 3. The predicted octanol–water partition coefficient (Wildman–Crippen LogP) is 4.44. The largest absolute Gasteiger partial charge is 0.416 e. The summed E-state index contributed by atoms with van der Waals surface area (Å²) in [5, 5.41) is 0.785. The summed E-state index contributed by atoms with van der Waals surface area (Å²) in [7, 11) is 0. The van der Waals surface area contributed by atoms with Crippen LogP contribution in [0.15, 0.2) is 42.6 Å². The van der Waals surface area contributed by atoms with Crippen LogP contribution in [0.4, 0.5) is 13.2 Å². The van der Waals surface area contributed by atoms with E-state index in [1.54, 1.807) is 6.20 Å². The molecule has 3 rings (SSSR count). The lowest BCUT2D eigenvalue weighted by Gasteiger charge is -2.05. The van der Waals surface area contributed by atoms with Gasteiger partial charge in [0.1, 0.15) is 0 Å². The van der Waals surface area contributed by atoms with Crippen molar-refractivity contribution in [3.8, 4) is 10.6 Å². The summed E-state index contributed by atoms with van der Waals surface area (Å²) in [5.74, 6) is 0. The topological polar surface area (TPSA) is 38.9 Å². The van der Waals surface area contributed by atoms with Crippen LogP contribution in [-0.2, 0) is 12.7 Å². The molecule has 0 amide bonds. The minimum atomic E-state index is -4.32. The monoisotopic (exact) mass is 308 g/mol. The van der Waals surface area contributed by atoms with Crippen molar-refractivity contribution in [2.24, 2.45) is 5.73 Å². The standard InChI is InChI=1S/C15H11F3N2S/c16-15(17,18)11-3-2-10-5-14(21-13(10)6-11)12-4-1-9(7-19)8-20-12/h1-6,8H,7,19H2. The van der Waals surface area contributed by atoms with E-state index in [0.717, 1.165) is 27.6 Å². The predicted molar refractivity (Wildman–Crippen MR) is 77.9 cm³/mol. The minimum absolute atomic E-state index is 0.411. The van der Waals surface area contributed by atoms with E-state index in [9.17, 15) is 13.2 Å². The smallest absolute Gasteiger partial charge is 0.326 e. The molecule has 2 N–H and O–H groups in total. The first-order chi connectivity index (χ1) is 9.97. The fourth-order valence-electron chi connectivity index (χ4n) is 2.02. The van der Waals surface area contributed by atoms with Gasteiger partial charge in [0, 0.05) is 17.4 Å². The van der Waals surface area contributed by atoms with Crippen molar-refractivity contribution in [3.63, 3.8) is 0 Å². The summed E-state index contributed by atoms with van der Waals surface area (Å²) in [5.41, 5.74) is 6.54. The molecule has 3 aromatic rings. The fourth-order valence-corrected chi connectivity index (χ4v) is 3.10. The molecule has 0 saturated heterocycles. The van der Waals surface area contributed by atoms with E-state index in [2.05, 4.69) is 4.98 Å². The van der Waals surface area contributed by atoms with Gasteiger partial charge in [-0.25, -0.2) is 0 Å². The number of fused-ring (bicyclic) bond motifs is 1. The lowest BCUT2D eigenvalue weighted by molar-refractivity contribution is -0.137. The summed E-state index contributed by atoms with van der Waals surface area (Å²) in [4.78, 5) is 5.14. The molecule has 2 nitrogen and oxygen atoms in total. The molecule has 108 valence electrons. The third-order valence-corrected chi connectivity index (χ3v) is 4.28. The van der Waals surface area contributed by atoms with E-state index in [-0.39, 0.29) is 0 Å². The van der Waals surface area contributed by atoms with Crippen LogP contribution in [0.2, 0.25) is 0 Å². The zero-order valence-corrected chi connectivity index (χ0v) is 11.6. The Balaban J connectivity index is 2.04. The first kappa shape index (κ1) is 14.0. The van der Waals surface area contributed by atoms with E-state index in [4.69, 9.17) is 5.73 Å². The summed E-state index contributed by atoms with van der Waals surface area (Å²) in [6, 6.07) is 9.32. The number of alkyl halides is 3. The zero-order chi connectivity index (χ0) is 15.0. The molecule has 21 heavy (non-hydrogen) atoms. The molecule has 0 aliphatic carbocycles. The number of nitrogens with zero attached hydrogens (tertiary/aromatic N) is 1. The SMILES string of the molecule is NCc1ccc(-c2cc3ccc(C(F)(F)F)cc3s2)nc1. The van der Waals surface area contributed by atoms with E-state index >= 15 is 0 Å². The van der Waals surface area contributed by atoms with Crippen LogP contribution in [0.1, 0.15) is 11.1 Å². The molecule has 1 aromatic carbocycles. The highest BCUT2D eigenvalue weighted by Gasteiger charge is 2.30. The van der Waals surface area contributed by atoms with Crippen LogP contribution in [0.25, 0.3) is 20.7 Å². The Kier molecular flexibility index (Phi) is 3.43. The Bertz CT molecular complexity index is 776. The quantitative estimate of drug-likeness (QED) is 0.760. The van der Waals surface area contributed by atoms with Gasteiger partial charge < -0.3 is 5.73 Å². The normalized spacial score (nSPS) is 12.0. The molecule has 0 spiro atoms. The second-order valence-electron chi connectivity index (χ2n) is 4.62. The van der Waals surface area contributed by atoms with Gasteiger partial charge in [0.25, 0.3) is 0 Å². The number of pyridine rings is 1. The van der Waals surface area contributed by atoms with Crippen LogP contribution >= 0.6 is 11.3 Å². The number of rotatable bonds is 2. The molecule has 0 aliphatic heterocycles. The van der Waals surface area contributed by atoms with Crippen molar-refractivity contribution in [2.45, 2.75) is 12.7 Å². The van der Waals surface area contributed by atoms with Gasteiger partial charge >= 0.3 is 6.18 Å². The van der Waals surface area contributed by atoms with E-state index in [0.29, 0.717) is 11.2 Å². The maximum atomic E-state index is 12.7. The van der Waals surface area contributed by atoms with Crippen molar-refractivity contribution >= 4 is 21.4 Å². The Morgan fingerprint density at radius 1 is 1.10 bits per heavy atom. The number of aromatic nitrogens is 1. The molecule has 0 atom stereocenters. The molecule has 2 heterocycles. The third kappa shape index (κ3) is 2.77. The van der Waals surface area contributed by atoms with E-state index in [1.807, 2.05) is 18.2 Å². The first-order valence-electron chi connectivity index (χ1n) is 6.23. The molecule has 0 saturated carbocycles. The Hall–Kier alpha value is -1.92. The van der Waals surface area contributed by atoms with Gasteiger partial charge in [-0.2, -0.15) is 13.2 Å². The highest BCUT2D eigenvalue weighted by molar-refractivity contribution is 7.22. The van der Waals surface area contributed by atoms with Crippen molar-refractivity contribution in [3.05, 3.63) is 53.7 Å². The van der Waals surface area contributed by atoms with Crippen molar-refractivity contribution in [1.29, 1.82) is 0 Å². The Labute approximate surface area is 123 Å². The number of benzene rings is 1. The second kappa shape index (κ2) is 5.13. The second-order valence-corrected chi connectivity index (χ2v) is 5.70. The van der Waals surface area contributed by atoms with Crippen LogP contribution in [-0.4, -0.2) is 4.98 Å². The Morgan fingerprint density at radius 2 is 1.90 bits per heavy atom. The number of nitrogens with two attached hydrogens (primary N) is 1. The maximum absolute atomic E-state index is 12.7. The van der Waals surface area contributed by atoms with Crippen LogP contribution in [0.3, 0.4) is 0 Å². The molecule has 6 heteroatoms. The van der Waals surface area contributed by atoms with Crippen molar-refractivity contribution in [1.82, 2.24) is 4.98 Å².